The molecule has 0 radical (unpaired) electrons. The number of nitrogens with one attached hydrogen (secondary N) is 1. The molecule has 1 atom stereocenters. The highest BCUT2D eigenvalue weighted by atomic mass is 32.1. The molecule has 0 amide bonds. The highest BCUT2D eigenvalue weighted by Gasteiger charge is 2.29. The molecule has 114 valence electrons. The minimum atomic E-state index is 0.534. The van der Waals surface area contributed by atoms with Crippen molar-refractivity contribution in [2.24, 2.45) is 0 Å². The van der Waals surface area contributed by atoms with Gasteiger partial charge in [-0.05, 0) is 25.2 Å². The van der Waals surface area contributed by atoms with Crippen LogP contribution in [-0.2, 0) is 11.3 Å². The van der Waals surface area contributed by atoms with E-state index in [9.17, 15) is 0 Å². The maximum atomic E-state index is 5.08. The summed E-state index contributed by atoms with van der Waals surface area (Å²) in [5.74, 6) is 0.534. The van der Waals surface area contributed by atoms with Crippen LogP contribution in [0.3, 0.4) is 0 Å². The lowest BCUT2D eigenvalue weighted by molar-refractivity contribution is 0.199. The van der Waals surface area contributed by atoms with Crippen LogP contribution in [0.5, 0.6) is 0 Å². The molecule has 0 aliphatic heterocycles. The van der Waals surface area contributed by atoms with Gasteiger partial charge in [0, 0.05) is 38.2 Å². The minimum absolute atomic E-state index is 0.534. The van der Waals surface area contributed by atoms with E-state index in [0.717, 1.165) is 32.2 Å². The largest absolute Gasteiger partial charge is 0.383 e. The predicted octanol–water partition coefficient (Wildman–Crippen LogP) is 2.99. The smallest absolute Gasteiger partial charge is 0.185 e. The lowest BCUT2D eigenvalue weighted by Crippen LogP contribution is -2.19. The van der Waals surface area contributed by atoms with Crippen LogP contribution in [0.2, 0.25) is 0 Å². The van der Waals surface area contributed by atoms with Crippen molar-refractivity contribution in [3.63, 3.8) is 0 Å². The third-order valence-corrected chi connectivity index (χ3v) is 5.12. The van der Waals surface area contributed by atoms with E-state index in [0.29, 0.717) is 5.92 Å². The zero-order valence-corrected chi connectivity index (χ0v) is 13.9. The van der Waals surface area contributed by atoms with Crippen molar-refractivity contribution in [2.75, 3.05) is 32.2 Å². The molecule has 4 nitrogen and oxygen atoms in total. The van der Waals surface area contributed by atoms with Gasteiger partial charge in [0.05, 0.1) is 12.3 Å². The zero-order valence-electron chi connectivity index (χ0n) is 13.1. The summed E-state index contributed by atoms with van der Waals surface area (Å²) in [4.78, 5) is 8.66. The first-order valence-electron chi connectivity index (χ1n) is 7.59. The summed E-state index contributed by atoms with van der Waals surface area (Å²) < 4.78 is 5.08. The normalized spacial score (nSPS) is 16.4. The van der Waals surface area contributed by atoms with Crippen LogP contribution in [0.4, 0.5) is 5.13 Å². The van der Waals surface area contributed by atoms with Crippen LogP contribution in [0.15, 0.2) is 0 Å². The van der Waals surface area contributed by atoms with Crippen LogP contribution in [0.1, 0.15) is 49.6 Å². The van der Waals surface area contributed by atoms with Crippen molar-refractivity contribution in [1.82, 2.24) is 10.3 Å². The third kappa shape index (κ3) is 3.93. The van der Waals surface area contributed by atoms with Gasteiger partial charge in [-0.1, -0.05) is 13.8 Å². The van der Waals surface area contributed by atoms with E-state index in [-0.39, 0.29) is 0 Å². The number of rotatable bonds is 9. The molecule has 0 spiro atoms. The van der Waals surface area contributed by atoms with Crippen LogP contribution in [0, 0.1) is 0 Å². The molecule has 1 N–H and O–H groups in total. The Bertz CT molecular complexity index is 417. The predicted molar refractivity (Wildman–Crippen MR) is 85.8 cm³/mol. The molecule has 1 aromatic heterocycles. The standard InChI is InChI=1S/C15H27N3OS/c1-5-11(2)14-13(10-16-8-9-19-4)20-15(17-14)18(3)12-6-7-12/h11-12,16H,5-10H2,1-4H3. The van der Waals surface area contributed by atoms with Gasteiger partial charge in [-0.25, -0.2) is 4.98 Å². The summed E-state index contributed by atoms with van der Waals surface area (Å²) in [7, 11) is 3.92. The molecular weight excluding hydrogens is 270 g/mol. The molecule has 20 heavy (non-hydrogen) atoms. The maximum absolute atomic E-state index is 5.08. The second-order valence-corrected chi connectivity index (χ2v) is 6.69. The fourth-order valence-corrected chi connectivity index (χ4v) is 3.38. The fraction of sp³-hybridized carbons (Fsp3) is 0.800. The molecule has 0 bridgehead atoms. The molecule has 1 aliphatic rings. The Balaban J connectivity index is 2.05. The van der Waals surface area contributed by atoms with Gasteiger partial charge in [-0.3, -0.25) is 0 Å². The van der Waals surface area contributed by atoms with Gasteiger partial charge in [0.25, 0.3) is 0 Å². The minimum Gasteiger partial charge on any atom is -0.383 e. The Morgan fingerprint density at radius 3 is 2.85 bits per heavy atom. The molecule has 2 rings (SSSR count). The first-order valence-corrected chi connectivity index (χ1v) is 8.41. The average molecular weight is 297 g/mol. The van der Waals surface area contributed by atoms with Gasteiger partial charge >= 0.3 is 0 Å². The Kier molecular flexibility index (Phi) is 5.81. The summed E-state index contributed by atoms with van der Waals surface area (Å²) in [5.41, 5.74) is 1.28. The molecule has 1 saturated carbocycles. The summed E-state index contributed by atoms with van der Waals surface area (Å²) >= 11 is 1.85. The van der Waals surface area contributed by atoms with E-state index >= 15 is 0 Å². The molecular formula is C15H27N3OS. The number of methoxy groups -OCH3 is 1. The molecule has 1 aromatic rings. The average Bonchev–Trinajstić information content (AvgIpc) is 3.22. The summed E-state index contributed by atoms with van der Waals surface area (Å²) in [6.07, 6.45) is 3.77. The highest BCUT2D eigenvalue weighted by Crippen LogP contribution is 2.36. The van der Waals surface area contributed by atoms with Gasteiger partial charge in [-0.15, -0.1) is 11.3 Å². The molecule has 0 saturated heterocycles. The second kappa shape index (κ2) is 7.38. The number of hydrogen-bond donors (Lipinski definition) is 1. The Hall–Kier alpha value is -0.650. The number of thiazole rings is 1. The number of aromatic nitrogens is 1. The molecule has 5 heteroatoms. The van der Waals surface area contributed by atoms with Crippen LogP contribution < -0.4 is 10.2 Å². The van der Waals surface area contributed by atoms with E-state index in [2.05, 4.69) is 31.1 Å². The van der Waals surface area contributed by atoms with E-state index < -0.39 is 0 Å². The number of anilines is 1. The second-order valence-electron chi connectivity index (χ2n) is 5.63. The van der Waals surface area contributed by atoms with E-state index in [1.165, 1.54) is 28.5 Å². The number of nitrogens with zero attached hydrogens (tertiary/aromatic N) is 2. The van der Waals surface area contributed by atoms with E-state index in [1.807, 2.05) is 11.3 Å². The Morgan fingerprint density at radius 1 is 1.50 bits per heavy atom. The van der Waals surface area contributed by atoms with Crippen LogP contribution in [0.25, 0.3) is 0 Å². The van der Waals surface area contributed by atoms with Crippen molar-refractivity contribution in [3.05, 3.63) is 10.6 Å². The monoisotopic (exact) mass is 297 g/mol. The molecule has 1 unspecified atom stereocenters. The van der Waals surface area contributed by atoms with Crippen molar-refractivity contribution in [2.45, 2.75) is 51.6 Å². The molecule has 1 fully saturated rings. The maximum Gasteiger partial charge on any atom is 0.185 e. The van der Waals surface area contributed by atoms with Crippen molar-refractivity contribution < 1.29 is 4.74 Å². The first kappa shape index (κ1) is 15.7. The summed E-state index contributed by atoms with van der Waals surface area (Å²) in [6, 6.07) is 0.722. The van der Waals surface area contributed by atoms with Crippen LogP contribution >= 0.6 is 11.3 Å². The molecule has 1 aliphatic carbocycles. The fourth-order valence-electron chi connectivity index (χ4n) is 2.20. The summed E-state index contributed by atoms with van der Waals surface area (Å²) in [6.45, 7) is 7.05. The van der Waals surface area contributed by atoms with Gasteiger partial charge in [0.1, 0.15) is 0 Å². The molecule has 0 aromatic carbocycles. The topological polar surface area (TPSA) is 37.4 Å². The van der Waals surface area contributed by atoms with Gasteiger partial charge < -0.3 is 15.0 Å². The zero-order chi connectivity index (χ0) is 14.5. The Labute approximate surface area is 126 Å². The number of ether oxygens (including phenoxy) is 1. The first-order chi connectivity index (χ1) is 9.67. The van der Waals surface area contributed by atoms with E-state index in [1.54, 1.807) is 7.11 Å². The van der Waals surface area contributed by atoms with Gasteiger partial charge in [0.15, 0.2) is 5.13 Å². The third-order valence-electron chi connectivity index (χ3n) is 3.96. The van der Waals surface area contributed by atoms with Gasteiger partial charge in [-0.2, -0.15) is 0 Å². The van der Waals surface area contributed by atoms with E-state index in [4.69, 9.17) is 9.72 Å². The SMILES string of the molecule is CCC(C)c1nc(N(C)C2CC2)sc1CNCCOC. The van der Waals surface area contributed by atoms with Crippen LogP contribution in [-0.4, -0.2) is 38.3 Å². The lowest BCUT2D eigenvalue weighted by atomic mass is 10.0. The quantitative estimate of drug-likeness (QED) is 0.711. The number of hydrogen-bond acceptors (Lipinski definition) is 5. The van der Waals surface area contributed by atoms with Crippen molar-refractivity contribution in [3.8, 4) is 0 Å². The Morgan fingerprint density at radius 2 is 2.25 bits per heavy atom. The van der Waals surface area contributed by atoms with Crippen molar-refractivity contribution >= 4 is 16.5 Å². The van der Waals surface area contributed by atoms with Gasteiger partial charge in [0.2, 0.25) is 0 Å². The molecule has 1 heterocycles. The highest BCUT2D eigenvalue weighted by molar-refractivity contribution is 7.15. The lowest BCUT2D eigenvalue weighted by Gasteiger charge is -2.13. The van der Waals surface area contributed by atoms with Crippen molar-refractivity contribution in [1.29, 1.82) is 0 Å². The summed E-state index contributed by atoms with van der Waals surface area (Å²) in [5, 5.41) is 4.63.